The van der Waals surface area contributed by atoms with Gasteiger partial charge in [-0.3, -0.25) is 9.59 Å². The van der Waals surface area contributed by atoms with Gasteiger partial charge in [0.1, 0.15) is 11.8 Å². The van der Waals surface area contributed by atoms with Crippen molar-refractivity contribution in [3.63, 3.8) is 0 Å². The van der Waals surface area contributed by atoms with Crippen LogP contribution in [-0.4, -0.2) is 60.4 Å². The van der Waals surface area contributed by atoms with Crippen LogP contribution in [0.15, 0.2) is 72.8 Å². The van der Waals surface area contributed by atoms with Crippen LogP contribution in [0.5, 0.6) is 5.75 Å². The Labute approximate surface area is 226 Å². The van der Waals surface area contributed by atoms with E-state index in [1.807, 2.05) is 18.2 Å². The van der Waals surface area contributed by atoms with Gasteiger partial charge in [-0.2, -0.15) is 0 Å². The monoisotopic (exact) mass is 532 g/mol. The Morgan fingerprint density at radius 1 is 0.974 bits per heavy atom. The molecule has 1 fully saturated rings. The van der Waals surface area contributed by atoms with Gasteiger partial charge in [-0.15, -0.1) is 0 Å². The zero-order valence-corrected chi connectivity index (χ0v) is 21.8. The fourth-order valence-electron chi connectivity index (χ4n) is 5.10. The number of hydrogen-bond donors (Lipinski definition) is 2. The van der Waals surface area contributed by atoms with Crippen LogP contribution in [0.3, 0.4) is 0 Å². The molecule has 3 aromatic rings. The summed E-state index contributed by atoms with van der Waals surface area (Å²) in [5, 5.41) is 6.45. The van der Waals surface area contributed by atoms with E-state index in [2.05, 4.69) is 16.7 Å². The first-order chi connectivity index (χ1) is 18.4. The fourth-order valence-corrected chi connectivity index (χ4v) is 5.29. The van der Waals surface area contributed by atoms with Crippen LogP contribution in [0.4, 0.5) is 10.5 Å². The van der Waals surface area contributed by atoms with Gasteiger partial charge in [0.15, 0.2) is 0 Å². The average molecular weight is 533 g/mol. The first-order valence-electron chi connectivity index (χ1n) is 12.6. The number of benzene rings is 3. The molecule has 9 heteroatoms. The van der Waals surface area contributed by atoms with Crippen LogP contribution in [-0.2, 0) is 11.2 Å². The quantitative estimate of drug-likeness (QED) is 0.506. The number of halogens is 1. The maximum atomic E-state index is 13.7. The third-order valence-corrected chi connectivity index (χ3v) is 7.31. The van der Waals surface area contributed by atoms with Crippen molar-refractivity contribution in [3.8, 4) is 5.75 Å². The zero-order chi connectivity index (χ0) is 26.6. The number of ether oxygens (including phenoxy) is 1. The van der Waals surface area contributed by atoms with Gasteiger partial charge in [-0.25, -0.2) is 4.79 Å². The molecule has 0 radical (unpaired) electrons. The molecular weight excluding hydrogens is 504 g/mol. The topological polar surface area (TPSA) is 91.0 Å². The van der Waals surface area contributed by atoms with Crippen molar-refractivity contribution in [1.29, 1.82) is 0 Å². The molecular formula is C29H29ClN4O4. The smallest absolute Gasteiger partial charge is 0.321 e. The van der Waals surface area contributed by atoms with E-state index in [0.717, 1.165) is 18.4 Å². The van der Waals surface area contributed by atoms with Gasteiger partial charge < -0.3 is 25.2 Å². The molecule has 38 heavy (non-hydrogen) atoms. The van der Waals surface area contributed by atoms with Crippen LogP contribution < -0.4 is 15.4 Å². The van der Waals surface area contributed by atoms with Crippen molar-refractivity contribution in [1.82, 2.24) is 15.1 Å². The molecule has 3 aromatic carbocycles. The molecule has 1 saturated heterocycles. The number of carbonyl (C=O) groups excluding carboxylic acids is 3. The number of piperazine rings is 1. The highest BCUT2D eigenvalue weighted by Gasteiger charge is 2.39. The first-order valence-corrected chi connectivity index (χ1v) is 13.0. The standard InChI is InChI=1S/C29H29ClN4O4/c1-38-23-10-5-9-22(17-23)31-29(37)33-14-15-34(28(36)20-7-4-8-21(30)16-20)26(18-33)27(35)32-25-13-12-19-6-2-3-11-24(19)25/h2-11,16-17,25-26H,12-15,18H2,1H3,(H,31,37)(H,32,35). The first kappa shape index (κ1) is 25.6. The van der Waals surface area contributed by atoms with Gasteiger partial charge in [-0.1, -0.05) is 48.0 Å². The molecule has 1 aliphatic heterocycles. The molecule has 2 aliphatic rings. The summed E-state index contributed by atoms with van der Waals surface area (Å²) in [5.74, 6) is 0.0297. The van der Waals surface area contributed by atoms with Crippen molar-refractivity contribution in [2.75, 3.05) is 32.1 Å². The molecule has 0 aromatic heterocycles. The minimum Gasteiger partial charge on any atom is -0.497 e. The van der Waals surface area contributed by atoms with Crippen molar-refractivity contribution < 1.29 is 19.1 Å². The molecule has 0 bridgehead atoms. The fraction of sp³-hybridized carbons (Fsp3) is 0.276. The van der Waals surface area contributed by atoms with Crippen molar-refractivity contribution in [2.24, 2.45) is 0 Å². The van der Waals surface area contributed by atoms with E-state index in [-0.39, 0.29) is 43.5 Å². The summed E-state index contributed by atoms with van der Waals surface area (Å²) in [7, 11) is 1.56. The van der Waals surface area contributed by atoms with Crippen LogP contribution >= 0.6 is 11.6 Å². The number of urea groups is 1. The lowest BCUT2D eigenvalue weighted by Crippen LogP contribution is -2.62. The number of rotatable bonds is 5. The Bertz CT molecular complexity index is 1360. The summed E-state index contributed by atoms with van der Waals surface area (Å²) in [6.07, 6.45) is 1.67. The lowest BCUT2D eigenvalue weighted by atomic mass is 10.1. The minimum absolute atomic E-state index is 0.0578. The number of methoxy groups -OCH3 is 1. The number of anilines is 1. The molecule has 5 rings (SSSR count). The predicted molar refractivity (Wildman–Crippen MR) is 146 cm³/mol. The van der Waals surface area contributed by atoms with Crippen LogP contribution in [0, 0.1) is 0 Å². The number of nitrogens with zero attached hydrogens (tertiary/aromatic N) is 2. The van der Waals surface area contributed by atoms with E-state index >= 15 is 0 Å². The Kier molecular flexibility index (Phi) is 7.51. The molecule has 1 heterocycles. The van der Waals surface area contributed by atoms with Crippen molar-refractivity contribution in [2.45, 2.75) is 24.9 Å². The number of amides is 4. The van der Waals surface area contributed by atoms with Gasteiger partial charge in [0, 0.05) is 35.4 Å². The average Bonchev–Trinajstić information content (AvgIpc) is 3.35. The third kappa shape index (κ3) is 5.45. The van der Waals surface area contributed by atoms with Gasteiger partial charge in [0.2, 0.25) is 5.91 Å². The largest absolute Gasteiger partial charge is 0.497 e. The molecule has 2 unspecified atom stereocenters. The Morgan fingerprint density at radius 2 is 1.79 bits per heavy atom. The molecule has 0 saturated carbocycles. The second-order valence-corrected chi connectivity index (χ2v) is 9.87. The highest BCUT2D eigenvalue weighted by molar-refractivity contribution is 6.31. The van der Waals surface area contributed by atoms with E-state index < -0.39 is 6.04 Å². The van der Waals surface area contributed by atoms with E-state index in [1.54, 1.807) is 60.5 Å². The number of carbonyl (C=O) groups is 3. The predicted octanol–water partition coefficient (Wildman–Crippen LogP) is 4.51. The van der Waals surface area contributed by atoms with Crippen LogP contribution in [0.1, 0.15) is 33.9 Å². The maximum absolute atomic E-state index is 13.7. The normalized spacial score (nSPS) is 18.5. The van der Waals surface area contributed by atoms with Crippen LogP contribution in [0.25, 0.3) is 0 Å². The van der Waals surface area contributed by atoms with E-state index in [1.165, 1.54) is 10.5 Å². The lowest BCUT2D eigenvalue weighted by Gasteiger charge is -2.41. The van der Waals surface area contributed by atoms with Gasteiger partial charge in [-0.05, 0) is 54.3 Å². The Morgan fingerprint density at radius 3 is 2.61 bits per heavy atom. The minimum atomic E-state index is -0.862. The third-order valence-electron chi connectivity index (χ3n) is 7.07. The highest BCUT2D eigenvalue weighted by atomic mass is 35.5. The number of fused-ring (bicyclic) bond motifs is 1. The Balaban J connectivity index is 1.36. The van der Waals surface area contributed by atoms with Gasteiger partial charge >= 0.3 is 6.03 Å². The van der Waals surface area contributed by atoms with Crippen LogP contribution in [0.2, 0.25) is 5.02 Å². The van der Waals surface area contributed by atoms with Gasteiger partial charge in [0.05, 0.1) is 19.7 Å². The maximum Gasteiger partial charge on any atom is 0.321 e. The molecule has 8 nitrogen and oxygen atoms in total. The summed E-state index contributed by atoms with van der Waals surface area (Å²) in [4.78, 5) is 43.4. The van der Waals surface area contributed by atoms with Gasteiger partial charge in [0.25, 0.3) is 5.91 Å². The van der Waals surface area contributed by atoms with E-state index in [9.17, 15) is 14.4 Å². The summed E-state index contributed by atoms with van der Waals surface area (Å²) in [6.45, 7) is 0.538. The van der Waals surface area contributed by atoms with E-state index in [0.29, 0.717) is 22.0 Å². The van der Waals surface area contributed by atoms with E-state index in [4.69, 9.17) is 16.3 Å². The Hall–Kier alpha value is -4.04. The molecule has 2 atom stereocenters. The summed E-state index contributed by atoms with van der Waals surface area (Å²) < 4.78 is 5.24. The summed E-state index contributed by atoms with van der Waals surface area (Å²) in [5.41, 5.74) is 3.29. The molecule has 196 valence electrons. The number of aryl methyl sites for hydroxylation is 1. The number of hydrogen-bond acceptors (Lipinski definition) is 4. The second-order valence-electron chi connectivity index (χ2n) is 9.43. The zero-order valence-electron chi connectivity index (χ0n) is 21.0. The van der Waals surface area contributed by atoms with Crippen molar-refractivity contribution in [3.05, 3.63) is 94.5 Å². The summed E-state index contributed by atoms with van der Waals surface area (Å²) in [6, 6.07) is 20.4. The molecule has 0 spiro atoms. The van der Waals surface area contributed by atoms with Crippen molar-refractivity contribution >= 4 is 35.1 Å². The lowest BCUT2D eigenvalue weighted by molar-refractivity contribution is -0.127. The SMILES string of the molecule is COc1cccc(NC(=O)N2CCN(C(=O)c3cccc(Cl)c3)C(C(=O)NC3CCc4ccccc43)C2)c1. The highest BCUT2D eigenvalue weighted by Crippen LogP contribution is 2.31. The molecule has 1 aliphatic carbocycles. The summed E-state index contributed by atoms with van der Waals surface area (Å²) >= 11 is 6.13. The molecule has 4 amide bonds. The molecule has 2 N–H and O–H groups in total. The second kappa shape index (κ2) is 11.1. The number of nitrogens with one attached hydrogen (secondary N) is 2.